The predicted octanol–water partition coefficient (Wildman–Crippen LogP) is 3.48. The Labute approximate surface area is 155 Å². The fourth-order valence-electron chi connectivity index (χ4n) is 2.99. The van der Waals surface area contributed by atoms with Crippen LogP contribution in [0.5, 0.6) is 5.75 Å². The molecule has 0 bridgehead atoms. The smallest absolute Gasteiger partial charge is 0.223 e. The summed E-state index contributed by atoms with van der Waals surface area (Å²) in [7, 11) is 0. The van der Waals surface area contributed by atoms with Gasteiger partial charge in [0, 0.05) is 18.3 Å². The maximum Gasteiger partial charge on any atom is 0.223 e. The van der Waals surface area contributed by atoms with E-state index in [2.05, 4.69) is 4.99 Å². The molecular weight excluding hydrogens is 340 g/mol. The first-order chi connectivity index (χ1) is 13.1. The molecule has 5 nitrogen and oxygen atoms in total. The molecular formula is C22H16N2O3. The van der Waals surface area contributed by atoms with Crippen LogP contribution in [0.15, 0.2) is 88.9 Å². The van der Waals surface area contributed by atoms with Crippen molar-refractivity contribution in [3.63, 3.8) is 0 Å². The molecule has 3 aromatic rings. The second-order valence-electron chi connectivity index (χ2n) is 6.25. The summed E-state index contributed by atoms with van der Waals surface area (Å²) in [5, 5.41) is 9.65. The Balaban J connectivity index is 1.74. The van der Waals surface area contributed by atoms with Crippen LogP contribution in [0.1, 0.15) is 12.0 Å². The Morgan fingerprint density at radius 2 is 1.63 bits per heavy atom. The highest BCUT2D eigenvalue weighted by Crippen LogP contribution is 2.23. The van der Waals surface area contributed by atoms with Gasteiger partial charge in [0.25, 0.3) is 0 Å². The van der Waals surface area contributed by atoms with Crippen LogP contribution in [0.25, 0.3) is 16.9 Å². The van der Waals surface area contributed by atoms with E-state index in [9.17, 15) is 14.7 Å². The van der Waals surface area contributed by atoms with Crippen molar-refractivity contribution in [2.24, 2.45) is 4.99 Å². The summed E-state index contributed by atoms with van der Waals surface area (Å²) in [6.45, 7) is 0. The molecule has 0 saturated heterocycles. The lowest BCUT2D eigenvalue weighted by atomic mass is 9.98. The number of carbonyl (C=O) groups is 1. The highest BCUT2D eigenvalue weighted by Gasteiger charge is 2.17. The van der Waals surface area contributed by atoms with Crippen molar-refractivity contribution in [3.8, 4) is 16.9 Å². The van der Waals surface area contributed by atoms with E-state index in [0.717, 1.165) is 16.7 Å². The maximum atomic E-state index is 12.2. The van der Waals surface area contributed by atoms with Gasteiger partial charge < -0.3 is 9.67 Å². The van der Waals surface area contributed by atoms with Crippen LogP contribution in [0.2, 0.25) is 0 Å². The number of nitrogens with zero attached hydrogens (tertiary/aromatic N) is 2. The van der Waals surface area contributed by atoms with Gasteiger partial charge >= 0.3 is 0 Å². The number of allylic oxidation sites excluding steroid dienone is 1. The number of aliphatic imine (C=N–C) groups is 1. The monoisotopic (exact) mass is 356 g/mol. The third-order valence-electron chi connectivity index (χ3n) is 4.35. The summed E-state index contributed by atoms with van der Waals surface area (Å²) in [6, 6.07) is 19.1. The number of carbonyl (C=O) groups excluding carboxylic acids is 1. The number of hydrogen-bond acceptors (Lipinski definition) is 4. The van der Waals surface area contributed by atoms with Crippen molar-refractivity contribution < 1.29 is 9.90 Å². The van der Waals surface area contributed by atoms with Gasteiger partial charge in [-0.3, -0.25) is 9.59 Å². The second kappa shape index (κ2) is 6.88. The van der Waals surface area contributed by atoms with Gasteiger partial charge in [-0.2, -0.15) is 0 Å². The molecule has 0 atom stereocenters. The Hall–Kier alpha value is -3.73. The minimum absolute atomic E-state index is 0.0849. The van der Waals surface area contributed by atoms with Crippen LogP contribution >= 0.6 is 0 Å². The van der Waals surface area contributed by atoms with Gasteiger partial charge in [0.15, 0.2) is 11.5 Å². The van der Waals surface area contributed by atoms with E-state index in [1.807, 2.05) is 54.6 Å². The number of ketones is 1. The third kappa shape index (κ3) is 3.48. The maximum absolute atomic E-state index is 12.2. The first-order valence-electron chi connectivity index (χ1n) is 8.50. The summed E-state index contributed by atoms with van der Waals surface area (Å²) in [5.41, 5.74) is 3.16. The molecule has 4 rings (SSSR count). The molecule has 132 valence electrons. The van der Waals surface area contributed by atoms with Crippen molar-refractivity contribution in [2.45, 2.75) is 6.42 Å². The molecule has 0 aliphatic carbocycles. The van der Waals surface area contributed by atoms with Crippen LogP contribution in [-0.2, 0) is 4.79 Å². The normalized spacial score (nSPS) is 13.9. The van der Waals surface area contributed by atoms with Crippen LogP contribution in [0.4, 0.5) is 0 Å². The summed E-state index contributed by atoms with van der Waals surface area (Å²) in [5.74, 6) is -0.112. The average Bonchev–Trinajstić information content (AvgIpc) is 2.70. The zero-order chi connectivity index (χ0) is 18.8. The summed E-state index contributed by atoms with van der Waals surface area (Å²) >= 11 is 0. The van der Waals surface area contributed by atoms with E-state index >= 15 is 0 Å². The van der Waals surface area contributed by atoms with Gasteiger partial charge in [-0.15, -0.1) is 0 Å². The summed E-state index contributed by atoms with van der Waals surface area (Å²) in [4.78, 5) is 28.2. The lowest BCUT2D eigenvalue weighted by Crippen LogP contribution is -2.15. The Morgan fingerprint density at radius 1 is 0.889 bits per heavy atom. The van der Waals surface area contributed by atoms with Crippen LogP contribution < -0.4 is 5.43 Å². The first-order valence-corrected chi connectivity index (χ1v) is 8.50. The van der Waals surface area contributed by atoms with Gasteiger partial charge in [0.05, 0.1) is 18.3 Å². The average molecular weight is 356 g/mol. The van der Waals surface area contributed by atoms with Crippen molar-refractivity contribution in [1.29, 1.82) is 0 Å². The van der Waals surface area contributed by atoms with Gasteiger partial charge in [-0.05, 0) is 22.8 Å². The first kappa shape index (κ1) is 16.7. The third-order valence-corrected chi connectivity index (χ3v) is 4.35. The number of rotatable bonds is 3. The van der Waals surface area contributed by atoms with E-state index in [0.29, 0.717) is 11.5 Å². The standard InChI is InChI=1S/C22H16N2O3/c25-18-12-19(23-22(13-18)24-10-9-20(26)21(27)14-24)17-8-4-7-16(11-17)15-5-2-1-3-6-15/h1-11,13-14,27H,12H2. The molecule has 1 aromatic heterocycles. The van der Waals surface area contributed by atoms with Crippen LogP contribution in [0.3, 0.4) is 0 Å². The Morgan fingerprint density at radius 3 is 2.41 bits per heavy atom. The fourth-order valence-corrected chi connectivity index (χ4v) is 2.99. The molecule has 0 amide bonds. The lowest BCUT2D eigenvalue weighted by Gasteiger charge is -2.15. The minimum atomic E-state index is -0.478. The van der Waals surface area contributed by atoms with Crippen molar-refractivity contribution in [3.05, 3.63) is 94.9 Å². The van der Waals surface area contributed by atoms with Gasteiger partial charge in [0.2, 0.25) is 5.43 Å². The fraction of sp³-hybridized carbons (Fsp3) is 0.0455. The molecule has 1 aliphatic heterocycles. The zero-order valence-corrected chi connectivity index (χ0v) is 14.4. The quantitative estimate of drug-likeness (QED) is 0.781. The molecule has 1 N–H and O–H groups in total. The second-order valence-corrected chi connectivity index (χ2v) is 6.25. The van der Waals surface area contributed by atoms with Crippen LogP contribution in [-0.4, -0.2) is 21.2 Å². The van der Waals surface area contributed by atoms with Crippen molar-refractivity contribution in [2.75, 3.05) is 0 Å². The molecule has 0 unspecified atom stereocenters. The van der Waals surface area contributed by atoms with Crippen molar-refractivity contribution >= 4 is 17.3 Å². The lowest BCUT2D eigenvalue weighted by molar-refractivity contribution is -0.113. The van der Waals surface area contributed by atoms with Crippen molar-refractivity contribution in [1.82, 2.24) is 4.57 Å². The van der Waals surface area contributed by atoms with E-state index in [1.54, 1.807) is 0 Å². The highest BCUT2D eigenvalue weighted by molar-refractivity contribution is 6.18. The Bertz CT molecular complexity index is 1140. The number of benzene rings is 2. The SMILES string of the molecule is O=C1C=C(n2ccc(=O)c(O)c2)N=C(c2cccc(-c3ccccc3)c2)C1. The topological polar surface area (TPSA) is 71.7 Å². The molecule has 5 heteroatoms. The molecule has 0 spiro atoms. The molecule has 2 aromatic carbocycles. The molecule has 0 fully saturated rings. The molecule has 27 heavy (non-hydrogen) atoms. The van der Waals surface area contributed by atoms with Gasteiger partial charge in [-0.25, -0.2) is 4.99 Å². The van der Waals surface area contributed by atoms with E-state index in [1.165, 1.54) is 29.1 Å². The number of pyridine rings is 1. The minimum Gasteiger partial charge on any atom is -0.503 e. The molecule has 2 heterocycles. The van der Waals surface area contributed by atoms with E-state index in [4.69, 9.17) is 0 Å². The molecule has 0 radical (unpaired) electrons. The number of aromatic hydroxyl groups is 1. The van der Waals surface area contributed by atoms with Gasteiger partial charge in [-0.1, -0.05) is 48.5 Å². The number of hydrogen-bond donors (Lipinski definition) is 1. The predicted molar refractivity (Wildman–Crippen MR) is 105 cm³/mol. The molecule has 1 aliphatic rings. The Kier molecular flexibility index (Phi) is 4.26. The zero-order valence-electron chi connectivity index (χ0n) is 14.4. The van der Waals surface area contributed by atoms with Crippen LogP contribution in [0, 0.1) is 0 Å². The molecule has 0 saturated carbocycles. The largest absolute Gasteiger partial charge is 0.503 e. The number of aromatic nitrogens is 1. The van der Waals surface area contributed by atoms with E-state index in [-0.39, 0.29) is 18.0 Å². The van der Waals surface area contributed by atoms with Gasteiger partial charge in [0.1, 0.15) is 5.82 Å². The van der Waals surface area contributed by atoms with E-state index < -0.39 is 5.43 Å². The summed E-state index contributed by atoms with van der Waals surface area (Å²) < 4.78 is 1.47. The highest BCUT2D eigenvalue weighted by atomic mass is 16.3. The summed E-state index contributed by atoms with van der Waals surface area (Å²) in [6.07, 6.45) is 4.35.